The summed E-state index contributed by atoms with van der Waals surface area (Å²) < 4.78 is 15.6. The first-order valence-electron chi connectivity index (χ1n) is 6.82. The van der Waals surface area contributed by atoms with Gasteiger partial charge in [0.1, 0.15) is 18.5 Å². The van der Waals surface area contributed by atoms with Crippen molar-refractivity contribution in [3.63, 3.8) is 0 Å². The Morgan fingerprint density at radius 1 is 1.15 bits per heavy atom. The molecule has 114 valence electrons. The number of hydrogen-bond donors (Lipinski definition) is 2. The molecule has 20 heavy (non-hydrogen) atoms. The minimum absolute atomic E-state index is 0.216. The van der Waals surface area contributed by atoms with E-state index in [1.54, 1.807) is 7.11 Å². The smallest absolute Gasteiger partial charge is 0.119 e. The Kier molecular flexibility index (Phi) is 8.22. The predicted octanol–water partition coefficient (Wildman–Crippen LogP) is 1.37. The normalized spacial score (nSPS) is 14.0. The monoisotopic (exact) mass is 283 g/mol. The summed E-state index contributed by atoms with van der Waals surface area (Å²) in [6, 6.07) is 8.14. The molecule has 0 aliphatic carbocycles. The van der Waals surface area contributed by atoms with Crippen molar-refractivity contribution in [3.05, 3.63) is 29.8 Å². The van der Waals surface area contributed by atoms with Gasteiger partial charge in [0, 0.05) is 13.2 Å². The van der Waals surface area contributed by atoms with Gasteiger partial charge in [0.05, 0.1) is 19.8 Å². The fourth-order valence-electron chi connectivity index (χ4n) is 1.62. The van der Waals surface area contributed by atoms with Crippen molar-refractivity contribution in [2.75, 3.05) is 40.6 Å². The highest BCUT2D eigenvalue weighted by Crippen LogP contribution is 2.17. The van der Waals surface area contributed by atoms with Gasteiger partial charge in [-0.05, 0) is 31.7 Å². The van der Waals surface area contributed by atoms with Gasteiger partial charge < -0.3 is 24.6 Å². The second kappa shape index (κ2) is 9.72. The van der Waals surface area contributed by atoms with Gasteiger partial charge in [-0.1, -0.05) is 12.1 Å². The summed E-state index contributed by atoms with van der Waals surface area (Å²) in [5.41, 5.74) is 1.20. The summed E-state index contributed by atoms with van der Waals surface area (Å²) in [6.45, 7) is 3.56. The van der Waals surface area contributed by atoms with Gasteiger partial charge in [-0.15, -0.1) is 0 Å². The highest BCUT2D eigenvalue weighted by Gasteiger charge is 2.06. The third-order valence-corrected chi connectivity index (χ3v) is 3.00. The van der Waals surface area contributed by atoms with Crippen LogP contribution in [0.2, 0.25) is 0 Å². The van der Waals surface area contributed by atoms with Crippen molar-refractivity contribution in [2.24, 2.45) is 0 Å². The molecule has 0 aromatic heterocycles. The first-order valence-corrected chi connectivity index (χ1v) is 6.82. The van der Waals surface area contributed by atoms with Gasteiger partial charge in [0.25, 0.3) is 0 Å². The fraction of sp³-hybridized carbons (Fsp3) is 0.600. The molecule has 0 aliphatic rings. The molecule has 0 radical (unpaired) electrons. The van der Waals surface area contributed by atoms with Crippen molar-refractivity contribution >= 4 is 0 Å². The van der Waals surface area contributed by atoms with E-state index in [9.17, 15) is 5.11 Å². The third-order valence-electron chi connectivity index (χ3n) is 3.00. The molecule has 0 fully saturated rings. The van der Waals surface area contributed by atoms with Crippen LogP contribution in [0.4, 0.5) is 0 Å². The van der Waals surface area contributed by atoms with Crippen LogP contribution in [0.25, 0.3) is 0 Å². The molecule has 1 aromatic carbocycles. The lowest BCUT2D eigenvalue weighted by atomic mass is 10.1. The molecule has 0 bridgehead atoms. The minimum atomic E-state index is -0.636. The van der Waals surface area contributed by atoms with Crippen molar-refractivity contribution in [3.8, 4) is 5.75 Å². The first kappa shape index (κ1) is 16.9. The molecule has 0 aliphatic heterocycles. The van der Waals surface area contributed by atoms with Crippen LogP contribution in [0.3, 0.4) is 0 Å². The van der Waals surface area contributed by atoms with Crippen LogP contribution >= 0.6 is 0 Å². The lowest BCUT2D eigenvalue weighted by Gasteiger charge is -2.14. The zero-order valence-corrected chi connectivity index (χ0v) is 12.5. The Balaban J connectivity index is 2.27. The molecule has 1 aromatic rings. The lowest BCUT2D eigenvalue weighted by Crippen LogP contribution is -2.24. The van der Waals surface area contributed by atoms with Crippen LogP contribution in [0.1, 0.15) is 18.5 Å². The Hall–Kier alpha value is -1.14. The summed E-state index contributed by atoms with van der Waals surface area (Å²) in [4.78, 5) is 0. The van der Waals surface area contributed by atoms with Crippen LogP contribution in [-0.4, -0.2) is 51.8 Å². The molecule has 0 heterocycles. The topological polar surface area (TPSA) is 60.0 Å². The third kappa shape index (κ3) is 6.34. The number of rotatable bonds is 10. The molecule has 5 nitrogen and oxygen atoms in total. The molecule has 2 N–H and O–H groups in total. The van der Waals surface area contributed by atoms with Gasteiger partial charge >= 0.3 is 0 Å². The van der Waals surface area contributed by atoms with E-state index in [2.05, 4.69) is 12.2 Å². The molecule has 0 spiro atoms. The molecule has 5 heteroatoms. The highest BCUT2D eigenvalue weighted by molar-refractivity contribution is 5.28. The van der Waals surface area contributed by atoms with E-state index in [0.717, 1.165) is 5.75 Å². The molecule has 2 unspecified atom stereocenters. The largest absolute Gasteiger partial charge is 0.491 e. The zero-order valence-electron chi connectivity index (χ0n) is 12.5. The first-order chi connectivity index (χ1) is 9.67. The number of hydrogen-bond acceptors (Lipinski definition) is 5. The van der Waals surface area contributed by atoms with Crippen molar-refractivity contribution in [1.29, 1.82) is 0 Å². The number of nitrogens with one attached hydrogen (secondary N) is 1. The van der Waals surface area contributed by atoms with E-state index in [4.69, 9.17) is 14.2 Å². The molecule has 0 amide bonds. The molecule has 2 atom stereocenters. The maximum Gasteiger partial charge on any atom is 0.119 e. The van der Waals surface area contributed by atoms with E-state index in [-0.39, 0.29) is 13.2 Å². The van der Waals surface area contributed by atoms with Gasteiger partial charge in [-0.3, -0.25) is 0 Å². The zero-order chi connectivity index (χ0) is 14.8. The van der Waals surface area contributed by atoms with Crippen LogP contribution in [0, 0.1) is 0 Å². The Labute approximate surface area is 120 Å². The maximum atomic E-state index is 9.69. The predicted molar refractivity (Wildman–Crippen MR) is 78.1 cm³/mol. The van der Waals surface area contributed by atoms with Gasteiger partial charge in [0.15, 0.2) is 0 Å². The molecule has 0 saturated heterocycles. The van der Waals surface area contributed by atoms with E-state index in [1.165, 1.54) is 5.56 Å². The Bertz CT molecular complexity index is 355. The molecule has 1 rings (SSSR count). The summed E-state index contributed by atoms with van der Waals surface area (Å²) in [6.07, 6.45) is -0.636. The van der Waals surface area contributed by atoms with E-state index < -0.39 is 6.10 Å². The lowest BCUT2D eigenvalue weighted by molar-refractivity contribution is -0.00419. The van der Waals surface area contributed by atoms with Crippen LogP contribution < -0.4 is 10.1 Å². The number of aliphatic hydroxyl groups excluding tert-OH is 1. The number of ether oxygens (including phenoxy) is 3. The van der Waals surface area contributed by atoms with E-state index in [0.29, 0.717) is 19.3 Å². The van der Waals surface area contributed by atoms with Crippen molar-refractivity contribution < 1.29 is 19.3 Å². The van der Waals surface area contributed by atoms with Crippen molar-refractivity contribution in [1.82, 2.24) is 5.32 Å². The van der Waals surface area contributed by atoms with Crippen LogP contribution in [-0.2, 0) is 9.47 Å². The molecule has 0 saturated carbocycles. The van der Waals surface area contributed by atoms with Crippen LogP contribution in [0.5, 0.6) is 5.75 Å². The quantitative estimate of drug-likeness (QED) is 0.635. The average Bonchev–Trinajstić information content (AvgIpc) is 2.49. The SMILES string of the molecule is CNC(C)c1ccc(OCC(O)COCCOC)cc1. The van der Waals surface area contributed by atoms with Gasteiger partial charge in [0.2, 0.25) is 0 Å². The molecular weight excluding hydrogens is 258 g/mol. The number of methoxy groups -OCH3 is 1. The fourth-order valence-corrected chi connectivity index (χ4v) is 1.62. The highest BCUT2D eigenvalue weighted by atomic mass is 16.5. The number of benzene rings is 1. The average molecular weight is 283 g/mol. The number of aliphatic hydroxyl groups is 1. The van der Waals surface area contributed by atoms with Crippen LogP contribution in [0.15, 0.2) is 24.3 Å². The standard InChI is InChI=1S/C15H25NO4/c1-12(16-2)13-4-6-15(7-5-13)20-11-14(17)10-19-9-8-18-3/h4-7,12,14,16-17H,8-11H2,1-3H3. The second-order valence-corrected chi connectivity index (χ2v) is 4.61. The maximum absolute atomic E-state index is 9.69. The Morgan fingerprint density at radius 3 is 2.45 bits per heavy atom. The summed E-state index contributed by atoms with van der Waals surface area (Å²) in [5.74, 6) is 0.744. The Morgan fingerprint density at radius 2 is 1.85 bits per heavy atom. The van der Waals surface area contributed by atoms with Gasteiger partial charge in [-0.2, -0.15) is 0 Å². The summed E-state index contributed by atoms with van der Waals surface area (Å²) in [7, 11) is 3.54. The van der Waals surface area contributed by atoms with E-state index in [1.807, 2.05) is 31.3 Å². The summed E-state index contributed by atoms with van der Waals surface area (Å²) >= 11 is 0. The van der Waals surface area contributed by atoms with Gasteiger partial charge in [-0.25, -0.2) is 0 Å². The summed E-state index contributed by atoms with van der Waals surface area (Å²) in [5, 5.41) is 12.9. The second-order valence-electron chi connectivity index (χ2n) is 4.61. The van der Waals surface area contributed by atoms with E-state index >= 15 is 0 Å². The minimum Gasteiger partial charge on any atom is -0.491 e. The molecular formula is C15H25NO4. The van der Waals surface area contributed by atoms with Crippen molar-refractivity contribution in [2.45, 2.75) is 19.1 Å².